The van der Waals surface area contributed by atoms with Gasteiger partial charge in [-0.25, -0.2) is 0 Å². The highest BCUT2D eigenvalue weighted by molar-refractivity contribution is 5.00. The van der Waals surface area contributed by atoms with E-state index in [1.807, 2.05) is 0 Å². The Morgan fingerprint density at radius 3 is 2.38 bits per heavy atom. The summed E-state index contributed by atoms with van der Waals surface area (Å²) in [6, 6.07) is 1.39. The molecular weight excluding hydrogens is 200 g/mol. The number of nitrogens with two attached hydrogens (primary N) is 1. The van der Waals surface area contributed by atoms with E-state index in [9.17, 15) is 0 Å². The highest BCUT2D eigenvalue weighted by Crippen LogP contribution is 2.39. The van der Waals surface area contributed by atoms with E-state index in [1.54, 1.807) is 0 Å². The molecule has 2 fully saturated rings. The molecule has 2 aliphatic rings. The molecule has 1 heterocycles. The van der Waals surface area contributed by atoms with Gasteiger partial charge < -0.3 is 10.5 Å². The number of rotatable bonds is 2. The molecule has 1 aliphatic heterocycles. The van der Waals surface area contributed by atoms with Gasteiger partial charge in [-0.3, -0.25) is 4.90 Å². The number of hydrogen-bond donors (Lipinski definition) is 1. The van der Waals surface area contributed by atoms with Crippen LogP contribution in [0, 0.1) is 5.41 Å². The molecule has 2 N–H and O–H groups in total. The van der Waals surface area contributed by atoms with Crippen LogP contribution in [0.5, 0.6) is 0 Å². The minimum absolute atomic E-state index is 0.293. The fraction of sp³-hybridized carbons (Fsp3) is 1.00. The molecule has 1 aliphatic carbocycles. The van der Waals surface area contributed by atoms with E-state index in [0.29, 0.717) is 29.6 Å². The summed E-state index contributed by atoms with van der Waals surface area (Å²) in [6.45, 7) is 7.67. The van der Waals surface area contributed by atoms with Crippen molar-refractivity contribution >= 4 is 0 Å². The van der Waals surface area contributed by atoms with Crippen molar-refractivity contribution in [3.05, 3.63) is 0 Å². The number of nitrogens with zero attached hydrogens (tertiary/aromatic N) is 1. The summed E-state index contributed by atoms with van der Waals surface area (Å²) in [6.07, 6.45) is 3.99. The topological polar surface area (TPSA) is 38.5 Å². The fourth-order valence-corrected chi connectivity index (χ4v) is 3.35. The molecule has 4 atom stereocenters. The molecule has 0 amide bonds. The van der Waals surface area contributed by atoms with Crippen LogP contribution < -0.4 is 5.73 Å². The highest BCUT2D eigenvalue weighted by Gasteiger charge is 2.44. The Morgan fingerprint density at radius 1 is 1.25 bits per heavy atom. The molecule has 1 saturated heterocycles. The maximum absolute atomic E-state index is 6.39. The van der Waals surface area contributed by atoms with E-state index in [-0.39, 0.29) is 0 Å². The maximum Gasteiger partial charge on any atom is 0.0703 e. The second-order valence-electron chi connectivity index (χ2n) is 6.22. The summed E-state index contributed by atoms with van der Waals surface area (Å²) in [4.78, 5) is 2.48. The molecule has 3 heteroatoms. The zero-order valence-corrected chi connectivity index (χ0v) is 11.1. The largest absolute Gasteiger partial charge is 0.377 e. The second-order valence-corrected chi connectivity index (χ2v) is 6.22. The van der Waals surface area contributed by atoms with Crippen molar-refractivity contribution in [3.63, 3.8) is 0 Å². The zero-order chi connectivity index (χ0) is 11.9. The molecule has 0 aromatic rings. The van der Waals surface area contributed by atoms with Crippen LogP contribution in [0.4, 0.5) is 0 Å². The van der Waals surface area contributed by atoms with Gasteiger partial charge in [0.2, 0.25) is 0 Å². The van der Waals surface area contributed by atoms with Crippen molar-refractivity contribution in [2.75, 3.05) is 13.7 Å². The van der Waals surface area contributed by atoms with E-state index in [4.69, 9.17) is 10.5 Å². The minimum Gasteiger partial charge on any atom is -0.377 e. The smallest absolute Gasteiger partial charge is 0.0703 e. The Labute approximate surface area is 99.3 Å². The van der Waals surface area contributed by atoms with Crippen molar-refractivity contribution in [2.24, 2.45) is 11.1 Å². The van der Waals surface area contributed by atoms with Gasteiger partial charge in [-0.15, -0.1) is 0 Å². The van der Waals surface area contributed by atoms with Crippen LogP contribution in [0.25, 0.3) is 0 Å². The van der Waals surface area contributed by atoms with Crippen LogP contribution in [0.2, 0.25) is 0 Å². The summed E-state index contributed by atoms with van der Waals surface area (Å²) < 4.78 is 5.65. The van der Waals surface area contributed by atoms with E-state index in [1.165, 1.54) is 12.8 Å². The van der Waals surface area contributed by atoms with Gasteiger partial charge >= 0.3 is 0 Å². The average Bonchev–Trinajstić information content (AvgIpc) is 2.73. The second kappa shape index (κ2) is 4.28. The van der Waals surface area contributed by atoms with Crippen LogP contribution in [0.1, 0.15) is 40.0 Å². The van der Waals surface area contributed by atoms with Gasteiger partial charge in [0.05, 0.1) is 6.10 Å². The van der Waals surface area contributed by atoms with Gasteiger partial charge in [0, 0.05) is 24.7 Å². The van der Waals surface area contributed by atoms with Gasteiger partial charge in [-0.1, -0.05) is 13.8 Å². The van der Waals surface area contributed by atoms with Crippen LogP contribution in [-0.2, 0) is 4.74 Å². The summed E-state index contributed by atoms with van der Waals surface area (Å²) in [5.41, 5.74) is 6.68. The Morgan fingerprint density at radius 2 is 1.94 bits per heavy atom. The summed E-state index contributed by atoms with van der Waals surface area (Å²) in [5, 5.41) is 0. The van der Waals surface area contributed by atoms with Crippen molar-refractivity contribution in [2.45, 2.75) is 64.3 Å². The normalized spacial score (nSPS) is 43.1. The quantitative estimate of drug-likeness (QED) is 0.777. The first-order valence-electron chi connectivity index (χ1n) is 6.52. The first-order chi connectivity index (χ1) is 7.43. The lowest BCUT2D eigenvalue weighted by molar-refractivity contribution is 0.0618. The molecule has 2 rings (SSSR count). The van der Waals surface area contributed by atoms with E-state index < -0.39 is 0 Å². The molecule has 0 bridgehead atoms. The molecular formula is C13H26N2O. The molecule has 3 nitrogen and oxygen atoms in total. The zero-order valence-electron chi connectivity index (χ0n) is 11.1. The third-order valence-corrected chi connectivity index (χ3v) is 4.78. The SMILES string of the molecule is CC1OCCC1N(C)C1CCC(C)(C)C1N. The monoisotopic (exact) mass is 226 g/mol. The molecule has 0 spiro atoms. The van der Waals surface area contributed by atoms with E-state index >= 15 is 0 Å². The van der Waals surface area contributed by atoms with Gasteiger partial charge in [0.1, 0.15) is 0 Å². The molecule has 0 aromatic heterocycles. The van der Waals surface area contributed by atoms with Gasteiger partial charge in [0.25, 0.3) is 0 Å². The first-order valence-corrected chi connectivity index (χ1v) is 6.52. The summed E-state index contributed by atoms with van der Waals surface area (Å²) in [5.74, 6) is 0. The van der Waals surface area contributed by atoms with Crippen LogP contribution in [-0.4, -0.2) is 42.8 Å². The number of hydrogen-bond acceptors (Lipinski definition) is 3. The van der Waals surface area contributed by atoms with Crippen molar-refractivity contribution in [3.8, 4) is 0 Å². The Balaban J connectivity index is 2.03. The molecule has 0 radical (unpaired) electrons. The summed E-state index contributed by atoms with van der Waals surface area (Å²) in [7, 11) is 2.22. The fourth-order valence-electron chi connectivity index (χ4n) is 3.35. The lowest BCUT2D eigenvalue weighted by Gasteiger charge is -2.37. The average molecular weight is 226 g/mol. The van der Waals surface area contributed by atoms with Crippen LogP contribution in [0.15, 0.2) is 0 Å². The lowest BCUT2D eigenvalue weighted by Crippen LogP contribution is -2.52. The molecule has 4 unspecified atom stereocenters. The van der Waals surface area contributed by atoms with Crippen molar-refractivity contribution in [1.82, 2.24) is 4.90 Å². The molecule has 1 saturated carbocycles. The van der Waals surface area contributed by atoms with Crippen LogP contribution >= 0.6 is 0 Å². The highest BCUT2D eigenvalue weighted by atomic mass is 16.5. The maximum atomic E-state index is 6.39. The third-order valence-electron chi connectivity index (χ3n) is 4.78. The third kappa shape index (κ3) is 2.01. The number of likely N-dealkylation sites (N-methyl/N-ethyl adjacent to an activating group) is 1. The summed E-state index contributed by atoms with van der Waals surface area (Å²) >= 11 is 0. The Bertz CT molecular complexity index is 254. The van der Waals surface area contributed by atoms with Gasteiger partial charge in [-0.2, -0.15) is 0 Å². The Hall–Kier alpha value is -0.120. The first kappa shape index (κ1) is 12.3. The lowest BCUT2D eigenvalue weighted by atomic mass is 9.87. The van der Waals surface area contributed by atoms with E-state index in [2.05, 4.69) is 32.7 Å². The molecule has 94 valence electrons. The Kier molecular flexibility index (Phi) is 3.30. The van der Waals surface area contributed by atoms with E-state index in [0.717, 1.165) is 13.0 Å². The van der Waals surface area contributed by atoms with Gasteiger partial charge in [-0.05, 0) is 38.6 Å². The van der Waals surface area contributed by atoms with Crippen molar-refractivity contribution in [1.29, 1.82) is 0 Å². The molecule has 16 heavy (non-hydrogen) atoms. The van der Waals surface area contributed by atoms with Crippen molar-refractivity contribution < 1.29 is 4.74 Å². The minimum atomic E-state index is 0.293. The standard InChI is InChI=1S/C13H26N2O/c1-9-10(6-8-16-9)15(4)11-5-7-13(2,3)12(11)14/h9-12H,5-8,14H2,1-4H3. The van der Waals surface area contributed by atoms with Crippen LogP contribution in [0.3, 0.4) is 0 Å². The predicted octanol–water partition coefficient (Wildman–Crippen LogP) is 1.61. The number of ether oxygens (including phenoxy) is 1. The van der Waals surface area contributed by atoms with Gasteiger partial charge in [0.15, 0.2) is 0 Å². The molecule has 0 aromatic carbocycles. The predicted molar refractivity (Wildman–Crippen MR) is 66.4 cm³/mol.